The molecule has 0 spiro atoms. The summed E-state index contributed by atoms with van der Waals surface area (Å²) in [4.78, 5) is 0. The van der Waals surface area contributed by atoms with Gasteiger partial charge in [0.25, 0.3) is 0 Å². The molecule has 1 unspecified atom stereocenters. The summed E-state index contributed by atoms with van der Waals surface area (Å²) in [5.74, 6) is 0.443. The van der Waals surface area contributed by atoms with Gasteiger partial charge in [-0.15, -0.1) is 0 Å². The van der Waals surface area contributed by atoms with Gasteiger partial charge in [-0.25, -0.2) is 0 Å². The van der Waals surface area contributed by atoms with Crippen molar-refractivity contribution in [1.29, 1.82) is 0 Å². The fraction of sp³-hybridized carbons (Fsp3) is 1.00. The normalized spacial score (nSPS) is 14.2. The molecule has 0 fully saturated rings. The molecule has 92 valence electrons. The Morgan fingerprint density at radius 2 is 1.87 bits per heavy atom. The van der Waals surface area contributed by atoms with E-state index in [1.165, 1.54) is 0 Å². The van der Waals surface area contributed by atoms with E-state index in [0.717, 1.165) is 25.7 Å². The molecule has 0 aliphatic carbocycles. The Bertz CT molecular complexity index is 154. The standard InChI is InChI=1S/C10H25NO3Si/c1-10(8-11)9-14-6-5-7-15(4,12-2)13-3/h10H,5-9,11H2,1-4H3. The maximum absolute atomic E-state index is 5.50. The molecule has 0 rings (SSSR count). The third kappa shape index (κ3) is 7.02. The molecule has 0 heterocycles. The van der Waals surface area contributed by atoms with E-state index in [0.29, 0.717) is 12.5 Å². The SMILES string of the molecule is CO[Si](C)(CCCOCC(C)CN)OC. The second kappa shape index (κ2) is 8.24. The number of hydrogen-bond acceptors (Lipinski definition) is 4. The van der Waals surface area contributed by atoms with Gasteiger partial charge < -0.3 is 19.3 Å². The van der Waals surface area contributed by atoms with Crippen molar-refractivity contribution in [3.63, 3.8) is 0 Å². The van der Waals surface area contributed by atoms with Gasteiger partial charge in [-0.1, -0.05) is 6.92 Å². The van der Waals surface area contributed by atoms with E-state index in [2.05, 4.69) is 13.5 Å². The fourth-order valence-corrected chi connectivity index (χ4v) is 2.50. The van der Waals surface area contributed by atoms with E-state index in [1.54, 1.807) is 14.2 Å². The van der Waals surface area contributed by atoms with Gasteiger partial charge in [-0.3, -0.25) is 0 Å². The van der Waals surface area contributed by atoms with Crippen molar-refractivity contribution < 1.29 is 13.6 Å². The molecule has 4 nitrogen and oxygen atoms in total. The lowest BCUT2D eigenvalue weighted by Crippen LogP contribution is -2.36. The summed E-state index contributed by atoms with van der Waals surface area (Å²) in [5.41, 5.74) is 5.49. The van der Waals surface area contributed by atoms with Gasteiger partial charge in [0.2, 0.25) is 0 Å². The lowest BCUT2D eigenvalue weighted by atomic mass is 10.2. The van der Waals surface area contributed by atoms with Crippen LogP contribution < -0.4 is 5.73 Å². The van der Waals surface area contributed by atoms with Crippen LogP contribution in [0.5, 0.6) is 0 Å². The van der Waals surface area contributed by atoms with Gasteiger partial charge in [-0.05, 0) is 31.5 Å². The smallest absolute Gasteiger partial charge is 0.334 e. The van der Waals surface area contributed by atoms with Crippen LogP contribution in [0, 0.1) is 5.92 Å². The van der Waals surface area contributed by atoms with Crippen LogP contribution >= 0.6 is 0 Å². The molecule has 0 saturated heterocycles. The van der Waals surface area contributed by atoms with Crippen molar-refractivity contribution in [2.45, 2.75) is 25.9 Å². The number of ether oxygens (including phenoxy) is 1. The first-order valence-electron chi connectivity index (χ1n) is 5.46. The van der Waals surface area contributed by atoms with Crippen LogP contribution in [0.3, 0.4) is 0 Å². The van der Waals surface area contributed by atoms with Gasteiger partial charge in [-0.2, -0.15) is 0 Å². The van der Waals surface area contributed by atoms with Gasteiger partial charge in [0.1, 0.15) is 0 Å². The molecule has 0 aliphatic rings. The van der Waals surface area contributed by atoms with E-state index < -0.39 is 8.56 Å². The first-order valence-corrected chi connectivity index (χ1v) is 7.98. The van der Waals surface area contributed by atoms with Crippen LogP contribution in [-0.4, -0.2) is 42.5 Å². The Labute approximate surface area is 94.3 Å². The zero-order valence-electron chi connectivity index (χ0n) is 10.4. The topological polar surface area (TPSA) is 53.7 Å². The second-order valence-electron chi connectivity index (χ2n) is 4.06. The van der Waals surface area contributed by atoms with Gasteiger partial charge >= 0.3 is 8.56 Å². The summed E-state index contributed by atoms with van der Waals surface area (Å²) in [6.45, 7) is 6.34. The zero-order chi connectivity index (χ0) is 11.7. The summed E-state index contributed by atoms with van der Waals surface area (Å²) < 4.78 is 16.3. The molecule has 0 amide bonds. The first-order chi connectivity index (χ1) is 7.08. The van der Waals surface area contributed by atoms with Crippen LogP contribution in [0.15, 0.2) is 0 Å². The van der Waals surface area contributed by atoms with Crippen molar-refractivity contribution in [2.24, 2.45) is 11.7 Å². The quantitative estimate of drug-likeness (QED) is 0.484. The molecule has 0 radical (unpaired) electrons. The monoisotopic (exact) mass is 235 g/mol. The Morgan fingerprint density at radius 3 is 2.33 bits per heavy atom. The minimum atomic E-state index is -1.89. The Hall–Kier alpha value is 0.0569. The summed E-state index contributed by atoms with van der Waals surface area (Å²) in [6.07, 6.45) is 0.988. The van der Waals surface area contributed by atoms with E-state index in [9.17, 15) is 0 Å². The highest BCUT2D eigenvalue weighted by Crippen LogP contribution is 2.13. The molecule has 5 heteroatoms. The Kier molecular flexibility index (Phi) is 8.27. The Morgan fingerprint density at radius 1 is 1.27 bits per heavy atom. The van der Waals surface area contributed by atoms with Gasteiger partial charge in [0, 0.05) is 20.8 Å². The van der Waals surface area contributed by atoms with E-state index >= 15 is 0 Å². The fourth-order valence-electron chi connectivity index (χ4n) is 1.14. The minimum Gasteiger partial charge on any atom is -0.398 e. The average molecular weight is 235 g/mol. The summed E-state index contributed by atoms with van der Waals surface area (Å²) in [5, 5.41) is 0. The highest BCUT2D eigenvalue weighted by atomic mass is 28.4. The van der Waals surface area contributed by atoms with Gasteiger partial charge in [0.05, 0.1) is 6.61 Å². The van der Waals surface area contributed by atoms with Crippen LogP contribution in [0.2, 0.25) is 12.6 Å². The van der Waals surface area contributed by atoms with Crippen molar-refractivity contribution in [1.82, 2.24) is 0 Å². The lowest BCUT2D eigenvalue weighted by Gasteiger charge is -2.22. The van der Waals surface area contributed by atoms with Crippen LogP contribution in [0.4, 0.5) is 0 Å². The molecule has 1 atom stereocenters. The number of rotatable bonds is 9. The Balaban J connectivity index is 3.45. The molecule has 0 aromatic heterocycles. The molecule has 0 aromatic rings. The highest BCUT2D eigenvalue weighted by molar-refractivity contribution is 6.65. The largest absolute Gasteiger partial charge is 0.398 e. The van der Waals surface area contributed by atoms with Crippen molar-refractivity contribution >= 4 is 8.56 Å². The molecule has 0 aliphatic heterocycles. The maximum atomic E-state index is 5.50. The van der Waals surface area contributed by atoms with Crippen molar-refractivity contribution in [3.8, 4) is 0 Å². The summed E-state index contributed by atoms with van der Waals surface area (Å²) >= 11 is 0. The first kappa shape index (κ1) is 15.1. The highest BCUT2D eigenvalue weighted by Gasteiger charge is 2.27. The molecule has 0 aromatic carbocycles. The van der Waals surface area contributed by atoms with Crippen LogP contribution in [0.1, 0.15) is 13.3 Å². The minimum absolute atomic E-state index is 0.443. The molecule has 0 bridgehead atoms. The third-order valence-corrected chi connectivity index (χ3v) is 5.58. The average Bonchev–Trinajstić information content (AvgIpc) is 2.27. The predicted molar refractivity (Wildman–Crippen MR) is 64.1 cm³/mol. The summed E-state index contributed by atoms with van der Waals surface area (Å²) in [6, 6.07) is 0.969. The van der Waals surface area contributed by atoms with E-state index in [-0.39, 0.29) is 0 Å². The molecule has 2 N–H and O–H groups in total. The van der Waals surface area contributed by atoms with Gasteiger partial charge in [0.15, 0.2) is 0 Å². The lowest BCUT2D eigenvalue weighted by molar-refractivity contribution is 0.105. The predicted octanol–water partition coefficient (Wildman–Crippen LogP) is 1.35. The van der Waals surface area contributed by atoms with E-state index in [1.807, 2.05) is 0 Å². The van der Waals surface area contributed by atoms with Crippen molar-refractivity contribution in [2.75, 3.05) is 34.0 Å². The zero-order valence-corrected chi connectivity index (χ0v) is 11.4. The molecular weight excluding hydrogens is 210 g/mol. The molecular formula is C10H25NO3Si. The van der Waals surface area contributed by atoms with Crippen LogP contribution in [-0.2, 0) is 13.6 Å². The molecule has 15 heavy (non-hydrogen) atoms. The maximum Gasteiger partial charge on any atom is 0.334 e. The van der Waals surface area contributed by atoms with Crippen LogP contribution in [0.25, 0.3) is 0 Å². The molecule has 0 saturated carbocycles. The number of nitrogens with two attached hydrogens (primary N) is 1. The number of hydrogen-bond donors (Lipinski definition) is 1. The van der Waals surface area contributed by atoms with Crippen molar-refractivity contribution in [3.05, 3.63) is 0 Å². The van der Waals surface area contributed by atoms with E-state index in [4.69, 9.17) is 19.3 Å². The summed E-state index contributed by atoms with van der Waals surface area (Å²) in [7, 11) is 1.54. The third-order valence-electron chi connectivity index (χ3n) is 2.59. The second-order valence-corrected chi connectivity index (χ2v) is 7.65.